The van der Waals surface area contributed by atoms with E-state index < -0.39 is 54.5 Å². The number of benzene rings is 2. The molecule has 0 radical (unpaired) electrons. The summed E-state index contributed by atoms with van der Waals surface area (Å²) in [6.45, 7) is 8.20. The molecule has 3 heterocycles. The molecule has 0 amide bonds. The van der Waals surface area contributed by atoms with Gasteiger partial charge < -0.3 is 24.2 Å². The number of hydrogen-bond donors (Lipinski definition) is 2. The molecule has 5 rings (SSSR count). The molecule has 0 fully saturated rings. The number of aromatic carboxylic acids is 2. The first-order valence-electron chi connectivity index (χ1n) is 17.4. The van der Waals surface area contributed by atoms with Crippen molar-refractivity contribution in [2.24, 2.45) is 0 Å². The minimum Gasteiger partial charge on any atom is -0.748 e. The van der Waals surface area contributed by atoms with Crippen LogP contribution in [-0.4, -0.2) is 88.0 Å². The van der Waals surface area contributed by atoms with Gasteiger partial charge in [-0.25, -0.2) is 26.4 Å². The maximum Gasteiger partial charge on any atom is 1.00 e. The molecule has 0 spiro atoms. The Morgan fingerprint density at radius 3 is 2.00 bits per heavy atom. The Kier molecular flexibility index (Phi) is 14.4. The standard InChI is InChI=1S/C40H43N3O10S2.K/c1-39(2)31-25-29(37(44)45)13-15-33(31)42(21-7-23-54(48,49)50)35(39)11-5-9-27(28-17-19-41-20-18-28)10-6-12-36-40(3,4)32-26-30(38(46)47)14-16-34(32)43(36)22-8-24-55(51,52)53;/h5-6,9-20,25-26H,7-8,21-24H2,1-4H3,(H3-,44,45,46,47,48,49,50,51,52,53);/q;+1/p-1. The van der Waals surface area contributed by atoms with Gasteiger partial charge in [-0.1, -0.05) is 38.2 Å². The maximum absolute atomic E-state index is 11.8. The number of anilines is 1. The number of hydrogen-bond acceptors (Lipinski definition) is 10. The van der Waals surface area contributed by atoms with Gasteiger partial charge in [0.1, 0.15) is 6.54 Å². The van der Waals surface area contributed by atoms with Crippen LogP contribution in [0.3, 0.4) is 0 Å². The number of carboxylic acids is 2. The Labute approximate surface area is 369 Å². The largest absolute Gasteiger partial charge is 1.00 e. The molecule has 13 nitrogen and oxygen atoms in total. The van der Waals surface area contributed by atoms with Gasteiger partial charge in [-0.2, -0.15) is 4.58 Å². The molecular weight excluding hydrogens is 786 g/mol. The van der Waals surface area contributed by atoms with Crippen molar-refractivity contribution in [2.75, 3.05) is 29.5 Å². The third kappa shape index (κ3) is 10.5. The zero-order valence-corrected chi connectivity index (χ0v) is 36.6. The summed E-state index contributed by atoms with van der Waals surface area (Å²) in [6, 6.07) is 13.2. The van der Waals surface area contributed by atoms with Crippen molar-refractivity contribution >= 4 is 54.8 Å². The fourth-order valence-electron chi connectivity index (χ4n) is 7.18. The number of fused-ring (bicyclic) bond motifs is 2. The van der Waals surface area contributed by atoms with Crippen molar-refractivity contribution in [3.63, 3.8) is 0 Å². The van der Waals surface area contributed by atoms with Crippen molar-refractivity contribution in [3.05, 3.63) is 131 Å². The van der Waals surface area contributed by atoms with Crippen LogP contribution in [0.1, 0.15) is 77.9 Å². The zero-order valence-electron chi connectivity index (χ0n) is 31.8. The molecule has 0 aliphatic carbocycles. The Balaban J connectivity index is 0.00000696. The molecule has 2 aromatic carbocycles. The molecule has 2 aliphatic rings. The predicted octanol–water partition coefficient (Wildman–Crippen LogP) is 2.61. The van der Waals surface area contributed by atoms with Crippen LogP contribution in [0.25, 0.3) is 5.57 Å². The summed E-state index contributed by atoms with van der Waals surface area (Å²) in [5.41, 5.74) is 4.93. The smallest absolute Gasteiger partial charge is 0.748 e. The summed E-state index contributed by atoms with van der Waals surface area (Å²) in [5, 5.41) is 19.3. The molecule has 56 heavy (non-hydrogen) atoms. The van der Waals surface area contributed by atoms with Crippen molar-refractivity contribution in [1.82, 2.24) is 4.98 Å². The molecule has 2 aliphatic heterocycles. The summed E-state index contributed by atoms with van der Waals surface area (Å²) in [7, 11) is -8.89. The maximum atomic E-state index is 11.8. The van der Waals surface area contributed by atoms with E-state index in [4.69, 9.17) is 0 Å². The van der Waals surface area contributed by atoms with Gasteiger partial charge in [0.25, 0.3) is 0 Å². The third-order valence-corrected chi connectivity index (χ3v) is 11.5. The topological polar surface area (TPSA) is 208 Å². The van der Waals surface area contributed by atoms with Crippen LogP contribution in [0.4, 0.5) is 11.4 Å². The first kappa shape index (κ1) is 45.1. The monoisotopic (exact) mass is 827 g/mol. The van der Waals surface area contributed by atoms with Gasteiger partial charge in [-0.05, 0) is 85.5 Å². The number of aromatic nitrogens is 1. The molecule has 0 saturated carbocycles. The Morgan fingerprint density at radius 2 is 1.39 bits per heavy atom. The summed E-state index contributed by atoms with van der Waals surface area (Å²) in [6.07, 6.45) is 14.6. The second-order valence-electron chi connectivity index (χ2n) is 14.4. The number of allylic oxidation sites excluding steroid dienone is 8. The minimum absolute atomic E-state index is 0. The number of nitrogens with zero attached hydrogens (tertiary/aromatic N) is 3. The minimum atomic E-state index is -4.45. The average molecular weight is 828 g/mol. The van der Waals surface area contributed by atoms with Crippen molar-refractivity contribution < 1.29 is 102 Å². The summed E-state index contributed by atoms with van der Waals surface area (Å²) in [5.74, 6) is -3.25. The van der Waals surface area contributed by atoms with E-state index in [1.54, 1.807) is 36.7 Å². The molecule has 0 bridgehead atoms. The molecule has 1 aromatic heterocycles. The van der Waals surface area contributed by atoms with E-state index in [1.165, 1.54) is 12.1 Å². The second kappa shape index (κ2) is 17.9. The molecule has 2 N–H and O–H groups in total. The van der Waals surface area contributed by atoms with E-state index in [-0.39, 0.29) is 88.4 Å². The van der Waals surface area contributed by atoms with Crippen LogP contribution in [0.15, 0.2) is 103 Å². The number of rotatable bonds is 15. The molecule has 16 heteroatoms. The quantitative estimate of drug-likeness (QED) is 0.0982. The zero-order chi connectivity index (χ0) is 40.3. The van der Waals surface area contributed by atoms with E-state index in [0.29, 0.717) is 0 Å². The number of pyridine rings is 1. The van der Waals surface area contributed by atoms with Gasteiger partial charge in [0.05, 0.1) is 36.8 Å². The van der Waals surface area contributed by atoms with Crippen LogP contribution in [0, 0.1) is 0 Å². The fraction of sp³-hybridized carbons (Fsp3) is 0.300. The molecule has 290 valence electrons. The summed E-state index contributed by atoms with van der Waals surface area (Å²) < 4.78 is 70.4. The van der Waals surface area contributed by atoms with Gasteiger partial charge >= 0.3 is 63.3 Å². The van der Waals surface area contributed by atoms with E-state index >= 15 is 0 Å². The summed E-state index contributed by atoms with van der Waals surface area (Å²) in [4.78, 5) is 29.7. The first-order valence-corrected chi connectivity index (χ1v) is 20.6. The van der Waals surface area contributed by atoms with E-state index in [0.717, 1.165) is 45.0 Å². The Hall–Kier alpha value is -3.58. The van der Waals surface area contributed by atoms with Gasteiger partial charge in [0, 0.05) is 71.4 Å². The molecule has 3 aromatic rings. The molecular formula is C40H42KN3O10S2. The number of carbonyl (C=O) groups is 2. The van der Waals surface area contributed by atoms with Gasteiger partial charge in [-0.15, -0.1) is 0 Å². The second-order valence-corrected chi connectivity index (χ2v) is 17.4. The average Bonchev–Trinajstić information content (AvgIpc) is 3.44. The Morgan fingerprint density at radius 1 is 0.804 bits per heavy atom. The van der Waals surface area contributed by atoms with E-state index in [1.807, 2.05) is 85.8 Å². The number of carboxylic acid groups (broad SMARTS) is 2. The normalized spacial score (nSPS) is 17.1. The van der Waals surface area contributed by atoms with Crippen LogP contribution in [0.2, 0.25) is 0 Å². The third-order valence-electron chi connectivity index (χ3n) is 9.90. The predicted molar refractivity (Wildman–Crippen MR) is 207 cm³/mol. The summed E-state index contributed by atoms with van der Waals surface area (Å²) >= 11 is 0. The van der Waals surface area contributed by atoms with Crippen molar-refractivity contribution in [3.8, 4) is 0 Å². The van der Waals surface area contributed by atoms with Crippen molar-refractivity contribution in [2.45, 2.75) is 51.4 Å². The van der Waals surface area contributed by atoms with Crippen LogP contribution in [-0.2, 0) is 31.1 Å². The van der Waals surface area contributed by atoms with E-state index in [9.17, 15) is 45.7 Å². The SMILES string of the molecule is CC1(C)C(=CC=CC(=CC=CC2=[N+](CCCS(=O)(=O)[O-])c3ccc(C(=O)O)cc3C2(C)C)c2ccncc2)N(CCCS(=O)(=O)[O-])c2ccc(C(=O)O)cc21.[K+]. The molecule has 0 saturated heterocycles. The molecule has 0 atom stereocenters. The fourth-order valence-corrected chi connectivity index (χ4v) is 8.14. The Bertz CT molecular complexity index is 2400. The van der Waals surface area contributed by atoms with Crippen LogP contribution >= 0.6 is 0 Å². The van der Waals surface area contributed by atoms with Crippen LogP contribution < -0.4 is 56.3 Å². The van der Waals surface area contributed by atoms with Gasteiger partial charge in [0.2, 0.25) is 5.69 Å². The van der Waals surface area contributed by atoms with E-state index in [2.05, 4.69) is 4.98 Å². The van der Waals surface area contributed by atoms with Crippen LogP contribution in [0.5, 0.6) is 0 Å². The van der Waals surface area contributed by atoms with Crippen molar-refractivity contribution in [1.29, 1.82) is 0 Å². The molecule has 0 unspecified atom stereocenters. The van der Waals surface area contributed by atoms with Gasteiger partial charge in [0.15, 0.2) is 5.71 Å². The first-order chi connectivity index (χ1) is 25.7. The van der Waals surface area contributed by atoms with Gasteiger partial charge in [-0.3, -0.25) is 4.98 Å².